The lowest BCUT2D eigenvalue weighted by Crippen LogP contribution is -2.55. The second-order valence-electron chi connectivity index (χ2n) is 11.8. The number of amides is 3. The normalized spacial score (nSPS) is 35.6. The van der Waals surface area contributed by atoms with Crippen molar-refractivity contribution in [3.63, 3.8) is 0 Å². The molecule has 0 unspecified atom stereocenters. The van der Waals surface area contributed by atoms with E-state index in [0.717, 1.165) is 19.4 Å². The number of nitrogens with one attached hydrogen (secondary N) is 1. The molecule has 40 heavy (non-hydrogen) atoms. The van der Waals surface area contributed by atoms with Gasteiger partial charge in [0, 0.05) is 50.9 Å². The number of nitrogens with zero attached hydrogens (tertiary/aromatic N) is 3. The molecule has 4 aliphatic heterocycles. The third kappa shape index (κ3) is 5.87. The Morgan fingerprint density at radius 3 is 2.52 bits per heavy atom. The van der Waals surface area contributed by atoms with Crippen LogP contribution >= 0.6 is 0 Å². The van der Waals surface area contributed by atoms with Crippen molar-refractivity contribution in [1.29, 1.82) is 0 Å². The Labute approximate surface area is 232 Å². The first-order valence-corrected chi connectivity index (χ1v) is 14.3. The number of carbonyl (C=O) groups excluding carboxylic acids is 3. The summed E-state index contributed by atoms with van der Waals surface area (Å²) in [6.07, 6.45) is -2.37. The number of morpholine rings is 1. The van der Waals surface area contributed by atoms with E-state index in [-0.39, 0.29) is 55.5 Å². The zero-order valence-electron chi connectivity index (χ0n) is 22.4. The first kappa shape index (κ1) is 27.5. The van der Waals surface area contributed by atoms with Crippen LogP contribution in [0.4, 0.5) is 4.39 Å². The molecule has 1 saturated carbocycles. The molecule has 0 spiro atoms. The van der Waals surface area contributed by atoms with Gasteiger partial charge < -0.3 is 34.8 Å². The molecule has 6 rings (SSSR count). The van der Waals surface area contributed by atoms with Crippen molar-refractivity contribution in [2.24, 2.45) is 5.92 Å². The third-order valence-electron chi connectivity index (χ3n) is 8.74. The topological polar surface area (TPSA) is 132 Å². The minimum Gasteiger partial charge on any atom is -0.388 e. The molecule has 3 amide bonds. The van der Waals surface area contributed by atoms with E-state index in [2.05, 4.69) is 10.2 Å². The maximum atomic E-state index is 13.8. The number of benzene rings is 1. The maximum absolute atomic E-state index is 13.8. The van der Waals surface area contributed by atoms with Gasteiger partial charge in [0.2, 0.25) is 11.8 Å². The monoisotopic (exact) mass is 560 g/mol. The van der Waals surface area contributed by atoms with Gasteiger partial charge >= 0.3 is 0 Å². The van der Waals surface area contributed by atoms with Gasteiger partial charge in [-0.1, -0.05) is 0 Å². The molecule has 4 heterocycles. The Bertz CT molecular complexity index is 1120. The van der Waals surface area contributed by atoms with E-state index in [0.29, 0.717) is 32.0 Å². The van der Waals surface area contributed by atoms with Crippen LogP contribution in [0.1, 0.15) is 36.0 Å². The quantitative estimate of drug-likeness (QED) is 0.445. The number of halogens is 1. The minimum absolute atomic E-state index is 0.00320. The van der Waals surface area contributed by atoms with Crippen LogP contribution in [0.5, 0.6) is 0 Å². The van der Waals surface area contributed by atoms with Crippen molar-refractivity contribution in [3.05, 3.63) is 35.6 Å². The molecule has 5 fully saturated rings. The molecule has 12 heteroatoms. The molecule has 4 saturated heterocycles. The van der Waals surface area contributed by atoms with Crippen LogP contribution in [0.2, 0.25) is 0 Å². The smallest absolute Gasteiger partial charge is 0.254 e. The highest BCUT2D eigenvalue weighted by Crippen LogP contribution is 2.33. The molecule has 11 nitrogen and oxygen atoms in total. The van der Waals surface area contributed by atoms with Crippen LogP contribution < -0.4 is 5.32 Å². The Hall–Kier alpha value is -2.64. The summed E-state index contributed by atoms with van der Waals surface area (Å²) in [7, 11) is 0. The third-order valence-corrected chi connectivity index (χ3v) is 8.74. The van der Waals surface area contributed by atoms with Crippen LogP contribution in [-0.4, -0.2) is 131 Å². The van der Waals surface area contributed by atoms with Gasteiger partial charge in [0.25, 0.3) is 5.91 Å². The first-order valence-electron chi connectivity index (χ1n) is 14.3. The van der Waals surface area contributed by atoms with Crippen LogP contribution in [0.15, 0.2) is 24.3 Å². The van der Waals surface area contributed by atoms with E-state index in [9.17, 15) is 29.0 Å². The summed E-state index contributed by atoms with van der Waals surface area (Å²) >= 11 is 0. The van der Waals surface area contributed by atoms with Crippen molar-refractivity contribution >= 4 is 17.7 Å². The average Bonchev–Trinajstić information content (AvgIpc) is 3.62. The zero-order valence-corrected chi connectivity index (χ0v) is 22.4. The van der Waals surface area contributed by atoms with Crippen molar-refractivity contribution in [2.75, 3.05) is 45.9 Å². The highest BCUT2D eigenvalue weighted by Gasteiger charge is 2.47. The van der Waals surface area contributed by atoms with Gasteiger partial charge in [-0.15, -0.1) is 0 Å². The van der Waals surface area contributed by atoms with Gasteiger partial charge in [0.05, 0.1) is 31.3 Å². The summed E-state index contributed by atoms with van der Waals surface area (Å²) in [5, 5.41) is 24.5. The number of carbonyl (C=O) groups is 3. The van der Waals surface area contributed by atoms with Crippen molar-refractivity contribution in [2.45, 2.75) is 68.3 Å². The van der Waals surface area contributed by atoms with E-state index < -0.39 is 42.2 Å². The predicted molar refractivity (Wildman–Crippen MR) is 139 cm³/mol. The van der Waals surface area contributed by atoms with E-state index in [1.165, 1.54) is 29.2 Å². The number of hydrogen-bond donors (Lipinski definition) is 3. The number of fused-ring (bicyclic) bond motifs is 6. The number of aliphatic hydroxyl groups is 2. The van der Waals surface area contributed by atoms with Gasteiger partial charge in [0.1, 0.15) is 24.1 Å². The lowest BCUT2D eigenvalue weighted by atomic mass is 10.0. The number of aliphatic hydroxyl groups excluding tert-OH is 2. The lowest BCUT2D eigenvalue weighted by molar-refractivity contribution is -0.144. The van der Waals surface area contributed by atoms with Crippen LogP contribution in [0, 0.1) is 11.7 Å². The number of hydrogen-bond acceptors (Lipinski definition) is 8. The van der Waals surface area contributed by atoms with E-state index in [4.69, 9.17) is 9.47 Å². The zero-order chi connectivity index (χ0) is 28.0. The fourth-order valence-electron chi connectivity index (χ4n) is 6.43. The molecule has 218 valence electrons. The summed E-state index contributed by atoms with van der Waals surface area (Å²) < 4.78 is 25.5. The number of rotatable bonds is 3. The summed E-state index contributed by atoms with van der Waals surface area (Å²) in [6, 6.07) is 4.61. The van der Waals surface area contributed by atoms with Crippen LogP contribution in [0.3, 0.4) is 0 Å². The molecule has 0 aromatic heterocycles. The molecule has 1 aliphatic carbocycles. The Morgan fingerprint density at radius 1 is 1.02 bits per heavy atom. The standard InChI is InChI=1S/C28H37FN4O7/c29-18-5-3-17(4-6-18)27(37)33-14-20-13-31(7-8-39-20)28(38)21-9-19(12-32(21)11-16-1-2-16)30-24(34)10-22-25(35)26(36)23(15-33)40-22/h3-6,16,19-23,25-26,35-36H,1-2,7-15H2,(H,30,34)/t19-,20-,21-,22-,23+,25-,26+/m0/s1. The van der Waals surface area contributed by atoms with Gasteiger partial charge in [-0.25, -0.2) is 4.39 Å². The predicted octanol–water partition coefficient (Wildman–Crippen LogP) is -0.643. The molecule has 0 radical (unpaired) electrons. The second-order valence-corrected chi connectivity index (χ2v) is 11.8. The van der Waals surface area contributed by atoms with E-state index in [1.807, 2.05) is 0 Å². The highest BCUT2D eigenvalue weighted by molar-refractivity contribution is 5.94. The molecule has 1 aromatic carbocycles. The van der Waals surface area contributed by atoms with Gasteiger partial charge in [-0.05, 0) is 49.4 Å². The van der Waals surface area contributed by atoms with Gasteiger partial charge in [0.15, 0.2) is 0 Å². The van der Waals surface area contributed by atoms with Gasteiger partial charge in [-0.3, -0.25) is 19.3 Å². The molecular weight excluding hydrogens is 523 g/mol. The van der Waals surface area contributed by atoms with Gasteiger partial charge in [-0.2, -0.15) is 0 Å². The lowest BCUT2D eigenvalue weighted by Gasteiger charge is -2.38. The maximum Gasteiger partial charge on any atom is 0.254 e. The minimum atomic E-state index is -1.31. The molecule has 3 N–H and O–H groups in total. The summed E-state index contributed by atoms with van der Waals surface area (Å²) in [5.74, 6) is -0.641. The highest BCUT2D eigenvalue weighted by atomic mass is 19.1. The second kappa shape index (κ2) is 11.3. The first-order chi connectivity index (χ1) is 19.2. The molecule has 7 atom stereocenters. The molecule has 6 bridgehead atoms. The Balaban J connectivity index is 1.28. The Kier molecular flexibility index (Phi) is 7.79. The van der Waals surface area contributed by atoms with Crippen molar-refractivity contribution < 1.29 is 38.5 Å². The summed E-state index contributed by atoms with van der Waals surface area (Å²) in [5.41, 5.74) is 0.247. The average molecular weight is 561 g/mol. The van der Waals surface area contributed by atoms with Crippen LogP contribution in [-0.2, 0) is 19.1 Å². The molecule has 1 aromatic rings. The SMILES string of the molecule is O=C1C[C@@H]2O[C@H](CN(C(=O)c3ccc(F)cc3)C[C@@H]3CN(CCO3)C(=O)[C@@H]3C[C@@H](CN3CC3CC3)N1)[C@@H](O)[C@H]2O. The largest absolute Gasteiger partial charge is 0.388 e. The fraction of sp³-hybridized carbons (Fsp3) is 0.679. The van der Waals surface area contributed by atoms with Crippen molar-refractivity contribution in [1.82, 2.24) is 20.0 Å². The number of likely N-dealkylation sites (tertiary alicyclic amines) is 1. The summed E-state index contributed by atoms with van der Waals surface area (Å²) in [6.45, 7) is 2.45. The Morgan fingerprint density at radius 2 is 1.77 bits per heavy atom. The van der Waals surface area contributed by atoms with E-state index in [1.54, 1.807) is 4.90 Å². The van der Waals surface area contributed by atoms with Crippen molar-refractivity contribution in [3.8, 4) is 0 Å². The number of ether oxygens (including phenoxy) is 2. The van der Waals surface area contributed by atoms with Crippen LogP contribution in [0.25, 0.3) is 0 Å². The summed E-state index contributed by atoms with van der Waals surface area (Å²) in [4.78, 5) is 45.7. The molecule has 5 aliphatic rings. The fourth-order valence-corrected chi connectivity index (χ4v) is 6.43. The molecular formula is C28H37FN4O7. The van der Waals surface area contributed by atoms with E-state index >= 15 is 0 Å².